The average molecular weight is 362 g/mol. The topological polar surface area (TPSA) is 61.4 Å². The van der Waals surface area contributed by atoms with Crippen molar-refractivity contribution in [2.75, 3.05) is 0 Å². The maximum Gasteiger partial charge on any atom is 0.231 e. The molecule has 130 valence electrons. The number of rotatable bonds is 3. The number of benzene rings is 3. The number of phenols is 1. The van der Waals surface area contributed by atoms with Crippen molar-refractivity contribution >= 4 is 34.0 Å². The first kappa shape index (κ1) is 16.5. The Morgan fingerprint density at radius 2 is 1.69 bits per heavy atom. The summed E-state index contributed by atoms with van der Waals surface area (Å²) in [5, 5.41) is 18.7. The second-order valence-corrected chi connectivity index (χ2v) is 6.85. The van der Waals surface area contributed by atoms with Gasteiger partial charge in [-0.2, -0.15) is 0 Å². The van der Waals surface area contributed by atoms with Crippen molar-refractivity contribution in [3.63, 3.8) is 0 Å². The number of carbonyl (C=O) groups excluding carboxylic acids is 1. The van der Waals surface area contributed by atoms with Crippen molar-refractivity contribution in [3.8, 4) is 5.75 Å². The summed E-state index contributed by atoms with van der Waals surface area (Å²) >= 11 is 5.19. The Hall–Kier alpha value is -2.92. The molecule has 1 aliphatic heterocycles. The van der Waals surface area contributed by atoms with Crippen molar-refractivity contribution in [3.05, 3.63) is 77.9 Å². The lowest BCUT2D eigenvalue weighted by Gasteiger charge is -2.33. The molecule has 1 fully saturated rings. The fourth-order valence-electron chi connectivity index (χ4n) is 3.58. The standard InChI is InChI=1S/C21H18N2O2S/c24-18-11-10-13-6-4-5-9-15(13)16(18)12-17-19(14-7-2-1-3-8-14)22-21(26)23-20(17)25/h1-11,17,19,24H,12H2,(H2,22,23,25,26). The van der Waals surface area contributed by atoms with Crippen molar-refractivity contribution in [2.45, 2.75) is 12.5 Å². The number of carbonyl (C=O) groups is 1. The smallest absolute Gasteiger partial charge is 0.231 e. The minimum Gasteiger partial charge on any atom is -0.508 e. The molecular formula is C21H18N2O2S. The van der Waals surface area contributed by atoms with E-state index in [2.05, 4.69) is 10.6 Å². The van der Waals surface area contributed by atoms with Crippen molar-refractivity contribution in [1.29, 1.82) is 0 Å². The monoisotopic (exact) mass is 362 g/mol. The van der Waals surface area contributed by atoms with Gasteiger partial charge in [-0.25, -0.2) is 0 Å². The number of nitrogens with one attached hydrogen (secondary N) is 2. The molecule has 3 aromatic rings. The molecule has 2 atom stereocenters. The highest BCUT2D eigenvalue weighted by Crippen LogP contribution is 2.34. The molecule has 0 saturated carbocycles. The fraction of sp³-hybridized carbons (Fsp3) is 0.143. The van der Waals surface area contributed by atoms with Gasteiger partial charge in [0, 0.05) is 5.56 Å². The average Bonchev–Trinajstić information content (AvgIpc) is 2.66. The van der Waals surface area contributed by atoms with Gasteiger partial charge in [0.05, 0.1) is 12.0 Å². The SMILES string of the molecule is O=C1NC(=S)NC(c2ccccc2)C1Cc1c(O)ccc2ccccc12. The van der Waals surface area contributed by atoms with E-state index in [1.807, 2.05) is 60.7 Å². The van der Waals surface area contributed by atoms with E-state index in [4.69, 9.17) is 12.2 Å². The van der Waals surface area contributed by atoms with Crippen LogP contribution in [0, 0.1) is 5.92 Å². The lowest BCUT2D eigenvalue weighted by atomic mass is 9.84. The van der Waals surface area contributed by atoms with Gasteiger partial charge < -0.3 is 15.7 Å². The quantitative estimate of drug-likeness (QED) is 0.625. The van der Waals surface area contributed by atoms with Gasteiger partial charge in [-0.1, -0.05) is 60.7 Å². The van der Waals surface area contributed by atoms with Crippen LogP contribution in [0.25, 0.3) is 10.8 Å². The predicted octanol–water partition coefficient (Wildman–Crippen LogP) is 3.45. The maximum atomic E-state index is 12.7. The molecule has 3 aromatic carbocycles. The van der Waals surface area contributed by atoms with Crippen molar-refractivity contribution in [1.82, 2.24) is 10.6 Å². The van der Waals surface area contributed by atoms with E-state index in [-0.39, 0.29) is 23.6 Å². The molecule has 1 heterocycles. The number of phenolic OH excluding ortho intramolecular Hbond substituents is 1. The number of fused-ring (bicyclic) bond motifs is 1. The fourth-order valence-corrected chi connectivity index (χ4v) is 3.81. The van der Waals surface area contributed by atoms with Gasteiger partial charge in [-0.05, 0) is 41.0 Å². The van der Waals surface area contributed by atoms with Crippen molar-refractivity contribution in [2.24, 2.45) is 5.92 Å². The first-order valence-electron chi connectivity index (χ1n) is 8.49. The van der Waals surface area contributed by atoms with Crippen LogP contribution in [0.15, 0.2) is 66.7 Å². The number of hydrogen-bond donors (Lipinski definition) is 3. The molecule has 2 unspecified atom stereocenters. The summed E-state index contributed by atoms with van der Waals surface area (Å²) in [5.74, 6) is -0.313. The van der Waals surface area contributed by atoms with Crippen LogP contribution in [0.3, 0.4) is 0 Å². The molecule has 4 rings (SSSR count). The third kappa shape index (κ3) is 3.02. The van der Waals surface area contributed by atoms with Crippen LogP contribution in [0.5, 0.6) is 5.75 Å². The zero-order valence-corrected chi connectivity index (χ0v) is 14.8. The maximum absolute atomic E-state index is 12.7. The van der Waals surface area contributed by atoms with Crippen LogP contribution in [0.4, 0.5) is 0 Å². The molecule has 0 bridgehead atoms. The van der Waals surface area contributed by atoms with Crippen LogP contribution >= 0.6 is 12.2 Å². The highest BCUT2D eigenvalue weighted by molar-refractivity contribution is 7.80. The molecule has 3 N–H and O–H groups in total. The van der Waals surface area contributed by atoms with Crippen LogP contribution < -0.4 is 10.6 Å². The molecule has 1 aliphatic rings. The van der Waals surface area contributed by atoms with Gasteiger partial charge in [0.2, 0.25) is 5.91 Å². The lowest BCUT2D eigenvalue weighted by Crippen LogP contribution is -2.54. The summed E-state index contributed by atoms with van der Waals surface area (Å²) in [4.78, 5) is 12.7. The normalized spacial score (nSPS) is 19.8. The second kappa shape index (κ2) is 6.77. The third-order valence-electron chi connectivity index (χ3n) is 4.86. The van der Waals surface area contributed by atoms with Gasteiger partial charge in [0.1, 0.15) is 5.75 Å². The van der Waals surface area contributed by atoms with E-state index in [0.717, 1.165) is 21.9 Å². The second-order valence-electron chi connectivity index (χ2n) is 6.45. The van der Waals surface area contributed by atoms with E-state index < -0.39 is 0 Å². The van der Waals surface area contributed by atoms with E-state index in [0.29, 0.717) is 11.5 Å². The summed E-state index contributed by atoms with van der Waals surface area (Å²) in [5.41, 5.74) is 1.77. The number of aromatic hydroxyl groups is 1. The highest BCUT2D eigenvalue weighted by Gasteiger charge is 2.35. The zero-order valence-electron chi connectivity index (χ0n) is 14.0. The zero-order chi connectivity index (χ0) is 18.1. The number of thiocarbonyl (C=S) groups is 1. The first-order chi connectivity index (χ1) is 12.6. The number of amides is 1. The van der Waals surface area contributed by atoms with Crippen LogP contribution in [-0.2, 0) is 11.2 Å². The van der Waals surface area contributed by atoms with E-state index in [1.54, 1.807) is 6.07 Å². The van der Waals surface area contributed by atoms with E-state index >= 15 is 0 Å². The van der Waals surface area contributed by atoms with Gasteiger partial charge in [0.15, 0.2) is 5.11 Å². The molecule has 5 heteroatoms. The van der Waals surface area contributed by atoms with Crippen molar-refractivity contribution < 1.29 is 9.90 Å². The Morgan fingerprint density at radius 1 is 0.962 bits per heavy atom. The molecule has 0 aliphatic carbocycles. The first-order valence-corrected chi connectivity index (χ1v) is 8.90. The van der Waals surface area contributed by atoms with Gasteiger partial charge in [-0.3, -0.25) is 4.79 Å². The summed E-state index contributed by atoms with van der Waals surface area (Å²) < 4.78 is 0. The van der Waals surface area contributed by atoms with Crippen LogP contribution in [0.2, 0.25) is 0 Å². The molecule has 1 amide bonds. The minimum atomic E-state index is -0.388. The number of hydrogen-bond acceptors (Lipinski definition) is 3. The van der Waals surface area contributed by atoms with Gasteiger partial charge in [-0.15, -0.1) is 0 Å². The molecule has 1 saturated heterocycles. The molecular weight excluding hydrogens is 344 g/mol. The van der Waals surface area contributed by atoms with Gasteiger partial charge >= 0.3 is 0 Å². The Kier molecular flexibility index (Phi) is 4.31. The Labute approximate surface area is 156 Å². The Bertz CT molecular complexity index is 988. The molecule has 0 radical (unpaired) electrons. The van der Waals surface area contributed by atoms with Gasteiger partial charge in [0.25, 0.3) is 0 Å². The van der Waals surface area contributed by atoms with Crippen LogP contribution in [0.1, 0.15) is 17.2 Å². The largest absolute Gasteiger partial charge is 0.508 e. The Balaban J connectivity index is 1.77. The molecule has 0 spiro atoms. The molecule has 0 aromatic heterocycles. The Morgan fingerprint density at radius 3 is 2.50 bits per heavy atom. The summed E-state index contributed by atoms with van der Waals surface area (Å²) in [7, 11) is 0. The third-order valence-corrected chi connectivity index (χ3v) is 5.08. The molecule has 26 heavy (non-hydrogen) atoms. The lowest BCUT2D eigenvalue weighted by molar-refractivity contribution is -0.125. The molecule has 4 nitrogen and oxygen atoms in total. The van der Waals surface area contributed by atoms with E-state index in [9.17, 15) is 9.90 Å². The minimum absolute atomic E-state index is 0.130. The van der Waals surface area contributed by atoms with Crippen LogP contribution in [-0.4, -0.2) is 16.1 Å². The highest BCUT2D eigenvalue weighted by atomic mass is 32.1. The summed E-state index contributed by atoms with van der Waals surface area (Å²) in [6.07, 6.45) is 0.411. The predicted molar refractivity (Wildman–Crippen MR) is 106 cm³/mol. The summed E-state index contributed by atoms with van der Waals surface area (Å²) in [6.45, 7) is 0. The van der Waals surface area contributed by atoms with E-state index in [1.165, 1.54) is 0 Å². The summed E-state index contributed by atoms with van der Waals surface area (Å²) in [6, 6.07) is 21.0.